The number of hydrogen-bond acceptors (Lipinski definition) is 1. The second kappa shape index (κ2) is 6.19. The van der Waals surface area contributed by atoms with Gasteiger partial charge in [-0.3, -0.25) is 0 Å². The van der Waals surface area contributed by atoms with Crippen molar-refractivity contribution in [3.05, 3.63) is 38.8 Å². The molecule has 0 unspecified atom stereocenters. The fourth-order valence-corrected chi connectivity index (χ4v) is 4.23. The lowest BCUT2D eigenvalue weighted by atomic mass is 10.0. The molecule has 0 aliphatic heterocycles. The van der Waals surface area contributed by atoms with E-state index < -0.39 is 8.32 Å². The topological polar surface area (TPSA) is 9.23 Å². The van der Waals surface area contributed by atoms with E-state index in [4.69, 9.17) is 16.0 Å². The molecule has 21 heavy (non-hydrogen) atoms. The SMILES string of the molecule is CC(C)(C)[Si](C)(C)OCCC1=CCc2c(Cl)ccc(Br)c21. The van der Waals surface area contributed by atoms with E-state index >= 15 is 0 Å². The fourth-order valence-electron chi connectivity index (χ4n) is 2.33. The summed E-state index contributed by atoms with van der Waals surface area (Å²) < 4.78 is 7.43. The van der Waals surface area contributed by atoms with Crippen LogP contribution in [0.25, 0.3) is 5.57 Å². The third-order valence-electron chi connectivity index (χ3n) is 4.72. The van der Waals surface area contributed by atoms with Crippen molar-refractivity contribution in [1.82, 2.24) is 0 Å². The van der Waals surface area contributed by atoms with Gasteiger partial charge in [-0.25, -0.2) is 0 Å². The zero-order chi connectivity index (χ0) is 15.8. The van der Waals surface area contributed by atoms with Gasteiger partial charge in [0.25, 0.3) is 0 Å². The van der Waals surface area contributed by atoms with Crippen LogP contribution in [-0.2, 0) is 10.8 Å². The quantitative estimate of drug-likeness (QED) is 0.539. The molecule has 1 aliphatic rings. The molecule has 1 aromatic rings. The maximum absolute atomic E-state index is 6.29. The fraction of sp³-hybridized carbons (Fsp3) is 0.529. The largest absolute Gasteiger partial charge is 0.416 e. The Hall–Kier alpha value is -0.0931. The average Bonchev–Trinajstić information content (AvgIpc) is 2.78. The van der Waals surface area contributed by atoms with Gasteiger partial charge in [0.15, 0.2) is 8.32 Å². The standard InChI is InChI=1S/C17H24BrClOSi/c1-17(2,3)21(4,5)20-11-10-12-6-7-13-15(19)9-8-14(18)16(12)13/h6,8-9H,7,10-11H2,1-5H3. The van der Waals surface area contributed by atoms with Crippen molar-refractivity contribution in [2.75, 3.05) is 6.61 Å². The summed E-state index contributed by atoms with van der Waals surface area (Å²) in [5.74, 6) is 0. The minimum Gasteiger partial charge on any atom is -0.416 e. The second-order valence-electron chi connectivity index (χ2n) is 7.18. The van der Waals surface area contributed by atoms with Gasteiger partial charge in [0, 0.05) is 16.1 Å². The van der Waals surface area contributed by atoms with Crippen LogP contribution in [0.15, 0.2) is 22.7 Å². The maximum atomic E-state index is 6.29. The molecule has 0 N–H and O–H groups in total. The number of allylic oxidation sites excluding steroid dienone is 1. The van der Waals surface area contributed by atoms with E-state index in [1.54, 1.807) is 0 Å². The molecule has 0 heterocycles. The highest BCUT2D eigenvalue weighted by Gasteiger charge is 2.37. The number of rotatable bonds is 4. The highest BCUT2D eigenvalue weighted by atomic mass is 79.9. The highest BCUT2D eigenvalue weighted by Crippen LogP contribution is 2.40. The van der Waals surface area contributed by atoms with Crippen LogP contribution >= 0.6 is 27.5 Å². The zero-order valence-corrected chi connectivity index (χ0v) is 16.9. The molecule has 0 atom stereocenters. The van der Waals surface area contributed by atoms with Crippen molar-refractivity contribution in [2.24, 2.45) is 0 Å². The molecule has 0 amide bonds. The first-order valence-corrected chi connectivity index (χ1v) is 11.5. The Morgan fingerprint density at radius 1 is 1.29 bits per heavy atom. The zero-order valence-electron chi connectivity index (χ0n) is 13.5. The van der Waals surface area contributed by atoms with E-state index in [9.17, 15) is 0 Å². The van der Waals surface area contributed by atoms with Gasteiger partial charge >= 0.3 is 0 Å². The summed E-state index contributed by atoms with van der Waals surface area (Å²) in [5.41, 5.74) is 3.88. The molecule has 0 aromatic heterocycles. The van der Waals surface area contributed by atoms with Crippen molar-refractivity contribution in [1.29, 1.82) is 0 Å². The van der Waals surface area contributed by atoms with E-state index in [2.05, 4.69) is 55.9 Å². The summed E-state index contributed by atoms with van der Waals surface area (Å²) in [7, 11) is -1.66. The highest BCUT2D eigenvalue weighted by molar-refractivity contribution is 9.10. The van der Waals surface area contributed by atoms with E-state index in [0.29, 0.717) is 0 Å². The van der Waals surface area contributed by atoms with E-state index in [-0.39, 0.29) is 5.04 Å². The van der Waals surface area contributed by atoms with Gasteiger partial charge in [0.2, 0.25) is 0 Å². The predicted molar refractivity (Wildman–Crippen MR) is 98.6 cm³/mol. The van der Waals surface area contributed by atoms with Crippen molar-refractivity contribution < 1.29 is 4.43 Å². The van der Waals surface area contributed by atoms with Crippen LogP contribution in [0.3, 0.4) is 0 Å². The second-order valence-corrected chi connectivity index (χ2v) is 13.2. The lowest BCUT2D eigenvalue weighted by Gasteiger charge is -2.36. The van der Waals surface area contributed by atoms with Crippen LogP contribution in [0.4, 0.5) is 0 Å². The van der Waals surface area contributed by atoms with Crippen LogP contribution in [0, 0.1) is 0 Å². The first-order chi connectivity index (χ1) is 9.63. The molecule has 4 heteroatoms. The van der Waals surface area contributed by atoms with Gasteiger partial charge in [0.1, 0.15) is 0 Å². The normalized spacial score (nSPS) is 15.1. The molecule has 0 fully saturated rings. The van der Waals surface area contributed by atoms with Crippen molar-refractivity contribution >= 4 is 41.4 Å². The maximum Gasteiger partial charge on any atom is 0.191 e. The molecule has 0 radical (unpaired) electrons. The molecule has 2 rings (SSSR count). The molecule has 1 nitrogen and oxygen atoms in total. The Labute approximate surface area is 143 Å². The Bertz CT molecular complexity index is 573. The molecule has 0 bridgehead atoms. The van der Waals surface area contributed by atoms with Gasteiger partial charge in [-0.05, 0) is 59.8 Å². The van der Waals surface area contributed by atoms with Crippen LogP contribution < -0.4 is 0 Å². The van der Waals surface area contributed by atoms with Crippen LogP contribution in [-0.4, -0.2) is 14.9 Å². The third kappa shape index (κ3) is 3.63. The Morgan fingerprint density at radius 3 is 2.57 bits per heavy atom. The first kappa shape index (κ1) is 17.3. The number of benzene rings is 1. The van der Waals surface area contributed by atoms with E-state index in [1.165, 1.54) is 16.7 Å². The minimum absolute atomic E-state index is 0.263. The number of hydrogen-bond donors (Lipinski definition) is 0. The summed E-state index contributed by atoms with van der Waals surface area (Å²) in [6.07, 6.45) is 4.18. The van der Waals surface area contributed by atoms with Gasteiger partial charge in [-0.15, -0.1) is 0 Å². The van der Waals surface area contributed by atoms with Crippen LogP contribution in [0.5, 0.6) is 0 Å². The summed E-state index contributed by atoms with van der Waals surface area (Å²) in [6.45, 7) is 12.2. The summed E-state index contributed by atoms with van der Waals surface area (Å²) in [5, 5.41) is 1.13. The minimum atomic E-state index is -1.66. The Balaban J connectivity index is 2.04. The van der Waals surface area contributed by atoms with Crippen LogP contribution in [0.2, 0.25) is 23.2 Å². The van der Waals surface area contributed by atoms with Crippen molar-refractivity contribution in [3.63, 3.8) is 0 Å². The van der Waals surface area contributed by atoms with Gasteiger partial charge < -0.3 is 4.43 Å². The average molecular weight is 388 g/mol. The van der Waals surface area contributed by atoms with E-state index in [0.717, 1.165) is 28.9 Å². The van der Waals surface area contributed by atoms with Crippen LogP contribution in [0.1, 0.15) is 38.3 Å². The van der Waals surface area contributed by atoms with Gasteiger partial charge in [-0.2, -0.15) is 0 Å². The predicted octanol–water partition coefficient (Wildman–Crippen LogP) is 6.45. The number of halogens is 2. The third-order valence-corrected chi connectivity index (χ3v) is 10.3. The number of fused-ring (bicyclic) bond motifs is 1. The smallest absolute Gasteiger partial charge is 0.191 e. The van der Waals surface area contributed by atoms with Crippen molar-refractivity contribution in [3.8, 4) is 0 Å². The molecule has 116 valence electrons. The molecule has 1 aromatic carbocycles. The van der Waals surface area contributed by atoms with E-state index in [1.807, 2.05) is 12.1 Å². The first-order valence-electron chi connectivity index (χ1n) is 7.44. The van der Waals surface area contributed by atoms with Crippen molar-refractivity contribution in [2.45, 2.75) is 51.7 Å². The van der Waals surface area contributed by atoms with Gasteiger partial charge in [-0.1, -0.05) is 54.4 Å². The summed E-state index contributed by atoms with van der Waals surface area (Å²) >= 11 is 9.95. The van der Waals surface area contributed by atoms with Gasteiger partial charge in [0.05, 0.1) is 0 Å². The molecule has 0 spiro atoms. The molecule has 1 aliphatic carbocycles. The monoisotopic (exact) mass is 386 g/mol. The summed E-state index contributed by atoms with van der Waals surface area (Å²) in [6, 6.07) is 4.00. The molecular weight excluding hydrogens is 364 g/mol. The lowest BCUT2D eigenvalue weighted by Crippen LogP contribution is -2.40. The molecule has 0 saturated heterocycles. The molecule has 0 saturated carbocycles. The Morgan fingerprint density at radius 2 is 1.95 bits per heavy atom. The summed E-state index contributed by atoms with van der Waals surface area (Å²) in [4.78, 5) is 0. The Kier molecular flexibility index (Phi) is 5.09. The molecular formula is C17H24BrClOSi. The lowest BCUT2D eigenvalue weighted by molar-refractivity contribution is 0.296.